The van der Waals surface area contributed by atoms with Crippen molar-refractivity contribution in [2.24, 2.45) is 0 Å². The van der Waals surface area contributed by atoms with Gasteiger partial charge in [-0.15, -0.1) is 13.2 Å². The molecule has 0 aliphatic carbocycles. The minimum atomic E-state index is -4.79. The van der Waals surface area contributed by atoms with Crippen molar-refractivity contribution in [2.75, 3.05) is 10.6 Å². The molecule has 0 saturated carbocycles. The zero-order valence-corrected chi connectivity index (χ0v) is 18.6. The Morgan fingerprint density at radius 3 is 2.43 bits per heavy atom. The number of benzene rings is 2. The maximum Gasteiger partial charge on any atom is 0.573 e. The first-order valence-electron chi connectivity index (χ1n) is 10.7. The fourth-order valence-corrected chi connectivity index (χ4v) is 3.53. The van der Waals surface area contributed by atoms with Gasteiger partial charge in [-0.25, -0.2) is 9.97 Å². The number of carbonyl (C=O) groups is 2. The predicted octanol–water partition coefficient (Wildman–Crippen LogP) is 4.75. The number of pyridine rings is 1. The Bertz CT molecular complexity index is 1580. The number of hydrogen-bond acceptors (Lipinski definition) is 6. The normalized spacial score (nSPS) is 11.3. The van der Waals surface area contributed by atoms with Crippen molar-refractivity contribution < 1.29 is 27.5 Å². The first kappa shape index (κ1) is 23.5. The van der Waals surface area contributed by atoms with Gasteiger partial charge in [0.1, 0.15) is 11.3 Å². The average molecular weight is 507 g/mol. The number of nitrogens with one attached hydrogen (secondary N) is 4. The van der Waals surface area contributed by atoms with Gasteiger partial charge < -0.3 is 14.7 Å². The summed E-state index contributed by atoms with van der Waals surface area (Å²) in [5.41, 5.74) is 2.36. The zero-order valence-electron chi connectivity index (χ0n) is 18.6. The topological polar surface area (TPSA) is 138 Å². The van der Waals surface area contributed by atoms with Crippen LogP contribution in [0.4, 0.5) is 25.1 Å². The largest absolute Gasteiger partial charge is 0.573 e. The molecule has 5 aromatic rings. The second-order valence-corrected chi connectivity index (χ2v) is 7.67. The van der Waals surface area contributed by atoms with Gasteiger partial charge in [-0.2, -0.15) is 0 Å². The van der Waals surface area contributed by atoms with Gasteiger partial charge in [0, 0.05) is 30.4 Å². The van der Waals surface area contributed by atoms with Crippen LogP contribution in [0.25, 0.3) is 22.2 Å². The van der Waals surface area contributed by atoms with Crippen molar-refractivity contribution >= 4 is 34.7 Å². The lowest BCUT2D eigenvalue weighted by Crippen LogP contribution is -2.16. The van der Waals surface area contributed by atoms with E-state index < -0.39 is 18.2 Å². The smallest absolute Gasteiger partial charge is 0.406 e. The quantitative estimate of drug-likeness (QED) is 0.262. The second-order valence-electron chi connectivity index (χ2n) is 7.67. The second kappa shape index (κ2) is 9.45. The van der Waals surface area contributed by atoms with E-state index in [1.54, 1.807) is 24.4 Å². The van der Waals surface area contributed by atoms with Crippen LogP contribution < -0.4 is 15.4 Å². The molecule has 0 spiro atoms. The van der Waals surface area contributed by atoms with Crippen molar-refractivity contribution in [3.63, 3.8) is 0 Å². The molecule has 2 aromatic carbocycles. The molecule has 0 bridgehead atoms. The van der Waals surface area contributed by atoms with Gasteiger partial charge in [0.25, 0.3) is 11.8 Å². The summed E-state index contributed by atoms with van der Waals surface area (Å²) in [5.74, 6) is -0.945. The lowest BCUT2D eigenvalue weighted by molar-refractivity contribution is -0.274. The van der Waals surface area contributed by atoms with Crippen LogP contribution in [0.3, 0.4) is 0 Å². The third-order valence-electron chi connectivity index (χ3n) is 5.14. The molecule has 13 heteroatoms. The minimum Gasteiger partial charge on any atom is -0.406 e. The molecule has 0 aliphatic rings. The van der Waals surface area contributed by atoms with Gasteiger partial charge in [0.05, 0.1) is 16.6 Å². The third kappa shape index (κ3) is 5.40. The van der Waals surface area contributed by atoms with Crippen LogP contribution in [0.1, 0.15) is 20.7 Å². The first-order chi connectivity index (χ1) is 17.7. The first-order valence-corrected chi connectivity index (χ1v) is 10.7. The molecule has 0 fully saturated rings. The molecule has 0 radical (unpaired) electrons. The Morgan fingerprint density at radius 2 is 1.70 bits per heavy atom. The summed E-state index contributed by atoms with van der Waals surface area (Å²) >= 11 is 0. The van der Waals surface area contributed by atoms with E-state index in [0.29, 0.717) is 22.2 Å². The summed E-state index contributed by atoms with van der Waals surface area (Å²) in [6.07, 6.45) is 1.09. The van der Waals surface area contributed by atoms with E-state index >= 15 is 0 Å². The van der Waals surface area contributed by atoms with Crippen molar-refractivity contribution in [1.82, 2.24) is 24.9 Å². The molecular formula is C24H16F3N7O3. The fraction of sp³-hybridized carbons (Fsp3) is 0.0417. The fourth-order valence-electron chi connectivity index (χ4n) is 3.53. The van der Waals surface area contributed by atoms with Crippen LogP contribution in [0, 0.1) is 0 Å². The molecule has 3 heterocycles. The number of imidazole rings is 2. The highest BCUT2D eigenvalue weighted by atomic mass is 19.4. The highest BCUT2D eigenvalue weighted by molar-refractivity contribution is 6.11. The molecule has 4 N–H and O–H groups in total. The van der Waals surface area contributed by atoms with E-state index in [-0.39, 0.29) is 28.8 Å². The number of aromatic amines is 2. The number of anilines is 2. The zero-order chi connectivity index (χ0) is 26.0. The summed E-state index contributed by atoms with van der Waals surface area (Å²) < 4.78 is 41.0. The molecule has 37 heavy (non-hydrogen) atoms. The number of amides is 2. The molecule has 186 valence electrons. The van der Waals surface area contributed by atoms with E-state index in [0.717, 1.165) is 0 Å². The molecular weight excluding hydrogens is 491 g/mol. The van der Waals surface area contributed by atoms with Gasteiger partial charge in [-0.1, -0.05) is 18.2 Å². The maximum absolute atomic E-state index is 12.9. The summed E-state index contributed by atoms with van der Waals surface area (Å²) in [6.45, 7) is 0. The van der Waals surface area contributed by atoms with E-state index in [2.05, 4.69) is 40.3 Å². The number of carbonyl (C=O) groups excluding carboxylic acids is 2. The number of aromatic nitrogens is 5. The number of hydrogen-bond donors (Lipinski definition) is 4. The van der Waals surface area contributed by atoms with Crippen LogP contribution in [0.5, 0.6) is 5.75 Å². The van der Waals surface area contributed by atoms with E-state index in [1.165, 1.54) is 48.9 Å². The third-order valence-corrected chi connectivity index (χ3v) is 5.14. The molecule has 0 unspecified atom stereocenters. The number of fused-ring (bicyclic) bond motifs is 1. The number of H-pyrrole nitrogens is 2. The Labute approximate surface area is 205 Å². The summed E-state index contributed by atoms with van der Waals surface area (Å²) in [7, 11) is 0. The van der Waals surface area contributed by atoms with Gasteiger partial charge in [0.15, 0.2) is 0 Å². The average Bonchev–Trinajstić information content (AvgIpc) is 3.52. The summed E-state index contributed by atoms with van der Waals surface area (Å²) in [5, 5.41) is 5.26. The molecule has 0 aliphatic heterocycles. The van der Waals surface area contributed by atoms with Crippen LogP contribution in [-0.2, 0) is 0 Å². The van der Waals surface area contributed by atoms with Gasteiger partial charge >= 0.3 is 6.36 Å². The molecule has 3 aromatic heterocycles. The van der Waals surface area contributed by atoms with Crippen LogP contribution in [-0.4, -0.2) is 43.1 Å². The lowest BCUT2D eigenvalue weighted by Gasteiger charge is -2.09. The number of para-hydroxylation sites is 1. The SMILES string of the molecule is O=C(Nc1nc2c(C(=O)Nc3ncc[nH]3)cccc2[nH]1)c1cncc(-c2ccc(OC(F)(F)F)cc2)c1. The monoisotopic (exact) mass is 507 g/mol. The molecule has 0 atom stereocenters. The molecule has 0 saturated heterocycles. The lowest BCUT2D eigenvalue weighted by atomic mass is 10.1. The van der Waals surface area contributed by atoms with Crippen molar-refractivity contribution in [3.8, 4) is 16.9 Å². The Kier molecular flexibility index (Phi) is 6.01. The Morgan fingerprint density at radius 1 is 0.919 bits per heavy atom. The number of rotatable bonds is 6. The molecule has 2 amide bonds. The standard InChI is InChI=1S/C24H16F3N7O3/c25-24(26,27)37-16-6-4-13(5-7-16)14-10-15(12-28-11-14)20(35)33-23-31-18-3-1-2-17(19(18)32-23)21(36)34-22-29-8-9-30-22/h1-12H,(H2,29,30,34,36)(H2,31,32,33,35). The number of nitrogens with zero attached hydrogens (tertiary/aromatic N) is 3. The van der Waals surface area contributed by atoms with Crippen LogP contribution in [0.15, 0.2) is 73.3 Å². The van der Waals surface area contributed by atoms with Gasteiger partial charge in [-0.05, 0) is 35.9 Å². The van der Waals surface area contributed by atoms with Crippen LogP contribution >= 0.6 is 0 Å². The van der Waals surface area contributed by atoms with E-state index in [1.807, 2.05) is 0 Å². The summed E-state index contributed by atoms with van der Waals surface area (Å²) in [4.78, 5) is 43.6. The molecule has 10 nitrogen and oxygen atoms in total. The maximum atomic E-state index is 12.9. The van der Waals surface area contributed by atoms with E-state index in [9.17, 15) is 22.8 Å². The van der Waals surface area contributed by atoms with Crippen LogP contribution in [0.2, 0.25) is 0 Å². The van der Waals surface area contributed by atoms with E-state index in [4.69, 9.17) is 0 Å². The predicted molar refractivity (Wildman–Crippen MR) is 127 cm³/mol. The highest BCUT2D eigenvalue weighted by Gasteiger charge is 2.31. The number of alkyl halides is 3. The van der Waals surface area contributed by atoms with Crippen molar-refractivity contribution in [2.45, 2.75) is 6.36 Å². The van der Waals surface area contributed by atoms with Crippen molar-refractivity contribution in [3.05, 3.63) is 84.4 Å². The van der Waals surface area contributed by atoms with Crippen molar-refractivity contribution in [1.29, 1.82) is 0 Å². The Balaban J connectivity index is 1.33. The Hall–Kier alpha value is -5.20. The summed E-state index contributed by atoms with van der Waals surface area (Å²) in [6, 6.07) is 11.7. The molecule has 5 rings (SSSR count). The minimum absolute atomic E-state index is 0.109. The number of halogens is 3. The van der Waals surface area contributed by atoms with Gasteiger partial charge in [-0.3, -0.25) is 25.2 Å². The highest BCUT2D eigenvalue weighted by Crippen LogP contribution is 2.27. The van der Waals surface area contributed by atoms with Gasteiger partial charge in [0.2, 0.25) is 11.9 Å². The number of ether oxygens (including phenoxy) is 1.